The lowest BCUT2D eigenvalue weighted by Crippen LogP contribution is -1.96. The smallest absolute Gasteiger partial charge is 0.269 e. The Morgan fingerprint density at radius 2 is 2.24 bits per heavy atom. The first kappa shape index (κ1) is 17.3. The van der Waals surface area contributed by atoms with E-state index in [9.17, 15) is 0 Å². The maximum atomic E-state index is 6.32. The zero-order valence-electron chi connectivity index (χ0n) is 13.4. The van der Waals surface area contributed by atoms with Crippen molar-refractivity contribution in [1.82, 2.24) is 10.1 Å². The van der Waals surface area contributed by atoms with Gasteiger partial charge in [0.25, 0.3) is 5.89 Å². The Bertz CT molecular complexity index is 888. The van der Waals surface area contributed by atoms with Crippen molar-refractivity contribution in [3.05, 3.63) is 59.8 Å². The van der Waals surface area contributed by atoms with Gasteiger partial charge < -0.3 is 14.0 Å². The lowest BCUT2D eigenvalue weighted by molar-refractivity contribution is 0.326. The Morgan fingerprint density at radius 3 is 2.96 bits per heavy atom. The largest absolute Gasteiger partial charge is 0.493 e. The van der Waals surface area contributed by atoms with Gasteiger partial charge in [-0.1, -0.05) is 41.5 Å². The van der Waals surface area contributed by atoms with E-state index < -0.39 is 0 Å². The first-order chi connectivity index (χ1) is 12.2. The molecule has 2 aromatic heterocycles. The highest BCUT2D eigenvalue weighted by Crippen LogP contribution is 2.31. The van der Waals surface area contributed by atoms with Gasteiger partial charge >= 0.3 is 0 Å². The zero-order valence-corrected chi connectivity index (χ0v) is 15.0. The van der Waals surface area contributed by atoms with E-state index in [4.69, 9.17) is 25.6 Å². The number of halogens is 1. The average Bonchev–Trinajstić information content (AvgIpc) is 3.31. The number of thiophene rings is 1. The molecule has 0 atom stereocenters. The molecule has 0 saturated carbocycles. The predicted octanol–water partition coefficient (Wildman–Crippen LogP) is 5.11. The number of nitrogens with zero attached hydrogens (tertiary/aromatic N) is 2. The number of methoxy groups -OCH3 is 1. The molecule has 7 heteroatoms. The third-order valence-corrected chi connectivity index (χ3v) is 4.35. The molecule has 3 aromatic rings. The Labute approximate surface area is 154 Å². The van der Waals surface area contributed by atoms with Crippen LogP contribution in [0.15, 0.2) is 52.9 Å². The number of rotatable bonds is 7. The van der Waals surface area contributed by atoms with Crippen molar-refractivity contribution >= 4 is 34.0 Å². The Morgan fingerprint density at radius 1 is 1.36 bits per heavy atom. The van der Waals surface area contributed by atoms with E-state index in [2.05, 4.69) is 16.7 Å². The molecule has 0 radical (unpaired) electrons. The fourth-order valence-electron chi connectivity index (χ4n) is 2.08. The van der Waals surface area contributed by atoms with E-state index >= 15 is 0 Å². The summed E-state index contributed by atoms with van der Waals surface area (Å²) in [6.45, 7) is 4.03. The van der Waals surface area contributed by atoms with Gasteiger partial charge in [-0.25, -0.2) is 0 Å². The van der Waals surface area contributed by atoms with E-state index in [1.807, 2.05) is 35.7 Å². The second kappa shape index (κ2) is 8.00. The number of benzene rings is 1. The van der Waals surface area contributed by atoms with Gasteiger partial charge in [-0.3, -0.25) is 0 Å². The van der Waals surface area contributed by atoms with Crippen molar-refractivity contribution in [2.45, 2.75) is 0 Å². The standard InChI is InChI=1S/C18H15ClN2O3S/c1-3-8-23-14-7-6-12(11-15(14)22-2)10-13(19)18-20-17(21-24-18)16-5-4-9-25-16/h3-7,9-11H,1,8H2,2H3/b13-10-. The van der Waals surface area contributed by atoms with Gasteiger partial charge in [0.2, 0.25) is 5.82 Å². The first-order valence-corrected chi connectivity index (χ1v) is 8.64. The summed E-state index contributed by atoms with van der Waals surface area (Å²) in [5.74, 6) is 2.01. The minimum absolute atomic E-state index is 0.260. The van der Waals surface area contributed by atoms with Gasteiger partial charge in [0.1, 0.15) is 11.6 Å². The molecule has 0 aliphatic rings. The molecule has 0 N–H and O–H groups in total. The number of hydrogen-bond acceptors (Lipinski definition) is 6. The fourth-order valence-corrected chi connectivity index (χ4v) is 2.93. The van der Waals surface area contributed by atoms with Crippen LogP contribution in [0, 0.1) is 0 Å². The zero-order chi connectivity index (χ0) is 17.6. The first-order valence-electron chi connectivity index (χ1n) is 7.38. The summed E-state index contributed by atoms with van der Waals surface area (Å²) in [5.41, 5.74) is 0.823. The molecular weight excluding hydrogens is 360 g/mol. The minimum Gasteiger partial charge on any atom is -0.493 e. The van der Waals surface area contributed by atoms with Crippen LogP contribution in [0.2, 0.25) is 0 Å². The van der Waals surface area contributed by atoms with Crippen LogP contribution in [0.5, 0.6) is 11.5 Å². The molecule has 0 fully saturated rings. The van der Waals surface area contributed by atoms with Crippen molar-refractivity contribution in [2.75, 3.05) is 13.7 Å². The van der Waals surface area contributed by atoms with Crippen molar-refractivity contribution in [2.24, 2.45) is 0 Å². The van der Waals surface area contributed by atoms with Crippen LogP contribution in [0.4, 0.5) is 0 Å². The normalized spacial score (nSPS) is 11.4. The highest BCUT2D eigenvalue weighted by Gasteiger charge is 2.13. The van der Waals surface area contributed by atoms with Crippen molar-refractivity contribution in [3.8, 4) is 22.2 Å². The van der Waals surface area contributed by atoms with E-state index in [-0.39, 0.29) is 5.89 Å². The molecule has 128 valence electrons. The van der Waals surface area contributed by atoms with Crippen molar-refractivity contribution in [1.29, 1.82) is 0 Å². The molecule has 2 heterocycles. The maximum absolute atomic E-state index is 6.32. The Hall–Kier alpha value is -2.57. The second-order valence-corrected chi connectivity index (χ2v) is 6.26. The van der Waals surface area contributed by atoms with Crippen molar-refractivity contribution < 1.29 is 14.0 Å². The summed E-state index contributed by atoms with van der Waals surface area (Å²) < 4.78 is 16.1. The Kier molecular flexibility index (Phi) is 5.53. The Balaban J connectivity index is 1.83. The summed E-state index contributed by atoms with van der Waals surface area (Å²) in [6.07, 6.45) is 3.40. The summed E-state index contributed by atoms with van der Waals surface area (Å²) in [6, 6.07) is 9.33. The third-order valence-electron chi connectivity index (χ3n) is 3.21. The lowest BCUT2D eigenvalue weighted by atomic mass is 10.2. The van der Waals surface area contributed by atoms with Crippen LogP contribution in [0.3, 0.4) is 0 Å². The molecule has 25 heavy (non-hydrogen) atoms. The van der Waals surface area contributed by atoms with Gasteiger partial charge in [0, 0.05) is 0 Å². The molecule has 0 unspecified atom stereocenters. The predicted molar refractivity (Wildman–Crippen MR) is 100 cm³/mol. The molecule has 0 spiro atoms. The molecule has 0 aliphatic carbocycles. The summed E-state index contributed by atoms with van der Waals surface area (Å²) in [4.78, 5) is 5.24. The van der Waals surface area contributed by atoms with Crippen LogP contribution in [-0.2, 0) is 0 Å². The number of aromatic nitrogens is 2. The van der Waals surface area contributed by atoms with Gasteiger partial charge in [0.05, 0.1) is 12.0 Å². The van der Waals surface area contributed by atoms with Gasteiger partial charge in [-0.2, -0.15) is 4.98 Å². The fraction of sp³-hybridized carbons (Fsp3) is 0.111. The number of hydrogen-bond donors (Lipinski definition) is 0. The SMILES string of the molecule is C=CCOc1ccc(/C=C(\Cl)c2nc(-c3cccs3)no2)cc1OC. The lowest BCUT2D eigenvalue weighted by Gasteiger charge is -2.09. The van der Waals surface area contributed by atoms with Crippen LogP contribution < -0.4 is 9.47 Å². The molecule has 0 saturated heterocycles. The van der Waals surface area contributed by atoms with Gasteiger partial charge in [-0.05, 0) is 35.2 Å². The van der Waals surface area contributed by atoms with E-state index in [1.54, 1.807) is 19.3 Å². The number of ether oxygens (including phenoxy) is 2. The quantitative estimate of drug-likeness (QED) is 0.538. The van der Waals surface area contributed by atoms with Crippen LogP contribution in [0.25, 0.3) is 21.8 Å². The highest BCUT2D eigenvalue weighted by molar-refractivity contribution is 7.13. The maximum Gasteiger partial charge on any atom is 0.269 e. The molecular formula is C18H15ClN2O3S. The summed E-state index contributed by atoms with van der Waals surface area (Å²) >= 11 is 7.85. The van der Waals surface area contributed by atoms with E-state index in [0.717, 1.165) is 10.4 Å². The van der Waals surface area contributed by atoms with Crippen LogP contribution in [0.1, 0.15) is 11.5 Å². The molecule has 0 bridgehead atoms. The molecule has 5 nitrogen and oxygen atoms in total. The molecule has 3 rings (SSSR count). The van der Waals surface area contributed by atoms with E-state index in [0.29, 0.717) is 29.0 Å². The van der Waals surface area contributed by atoms with Gasteiger partial charge in [-0.15, -0.1) is 11.3 Å². The molecule has 0 amide bonds. The summed E-state index contributed by atoms with van der Waals surface area (Å²) in [7, 11) is 1.58. The highest BCUT2D eigenvalue weighted by atomic mass is 35.5. The molecule has 0 aliphatic heterocycles. The second-order valence-electron chi connectivity index (χ2n) is 4.90. The summed E-state index contributed by atoms with van der Waals surface area (Å²) in [5, 5.41) is 6.24. The van der Waals surface area contributed by atoms with E-state index in [1.165, 1.54) is 11.3 Å². The van der Waals surface area contributed by atoms with Crippen molar-refractivity contribution in [3.63, 3.8) is 0 Å². The molecule has 1 aromatic carbocycles. The monoisotopic (exact) mass is 374 g/mol. The average molecular weight is 375 g/mol. The third kappa shape index (κ3) is 4.10. The minimum atomic E-state index is 0.260. The van der Waals surface area contributed by atoms with Crippen LogP contribution >= 0.6 is 22.9 Å². The van der Waals surface area contributed by atoms with Crippen LogP contribution in [-0.4, -0.2) is 23.9 Å². The topological polar surface area (TPSA) is 57.4 Å². The van der Waals surface area contributed by atoms with Gasteiger partial charge in [0.15, 0.2) is 11.5 Å².